The van der Waals surface area contributed by atoms with Crippen LogP contribution in [0.1, 0.15) is 26.2 Å². The number of rotatable bonds is 5. The fraction of sp³-hybridized carbons (Fsp3) is 0.750. The van der Waals surface area contributed by atoms with E-state index in [9.17, 15) is 0 Å². The van der Waals surface area contributed by atoms with Gasteiger partial charge in [-0.3, -0.25) is 0 Å². The number of nitrogens with one attached hydrogen (secondary N) is 1. The molecular weight excluding hydrogens is 218 g/mol. The van der Waals surface area contributed by atoms with Gasteiger partial charge >= 0.3 is 0 Å². The van der Waals surface area contributed by atoms with Crippen LogP contribution in [-0.2, 0) is 0 Å². The van der Waals surface area contributed by atoms with E-state index < -0.39 is 0 Å². The van der Waals surface area contributed by atoms with Crippen LogP contribution >= 0.6 is 11.3 Å². The summed E-state index contributed by atoms with van der Waals surface area (Å²) in [5.74, 6) is 0.796. The first-order valence-corrected chi connectivity index (χ1v) is 7.13. The summed E-state index contributed by atoms with van der Waals surface area (Å²) >= 11 is 1.75. The third-order valence-corrected chi connectivity index (χ3v) is 3.90. The molecule has 4 heteroatoms. The fourth-order valence-corrected chi connectivity index (χ4v) is 2.94. The molecule has 0 bridgehead atoms. The minimum Gasteiger partial charge on any atom is -0.348 e. The van der Waals surface area contributed by atoms with E-state index in [4.69, 9.17) is 0 Å². The first-order valence-electron chi connectivity index (χ1n) is 6.25. The molecule has 90 valence electrons. The van der Waals surface area contributed by atoms with E-state index >= 15 is 0 Å². The molecule has 2 rings (SSSR count). The predicted molar refractivity (Wildman–Crippen MR) is 70.2 cm³/mol. The SMILES string of the molecule is CCCNCC1CCCN(c2nccs2)C1. The third kappa shape index (κ3) is 3.19. The van der Waals surface area contributed by atoms with Gasteiger partial charge in [-0.15, -0.1) is 11.3 Å². The summed E-state index contributed by atoms with van der Waals surface area (Å²) in [4.78, 5) is 6.83. The van der Waals surface area contributed by atoms with Gasteiger partial charge in [-0.05, 0) is 38.3 Å². The summed E-state index contributed by atoms with van der Waals surface area (Å²) in [5, 5.41) is 6.79. The Morgan fingerprint density at radius 3 is 3.31 bits per heavy atom. The van der Waals surface area contributed by atoms with E-state index in [0.29, 0.717) is 0 Å². The number of anilines is 1. The van der Waals surface area contributed by atoms with Gasteiger partial charge in [0.1, 0.15) is 0 Å². The van der Waals surface area contributed by atoms with Gasteiger partial charge in [0, 0.05) is 24.7 Å². The molecule has 0 aromatic carbocycles. The highest BCUT2D eigenvalue weighted by Gasteiger charge is 2.20. The van der Waals surface area contributed by atoms with Gasteiger partial charge < -0.3 is 10.2 Å². The molecule has 3 nitrogen and oxygen atoms in total. The summed E-state index contributed by atoms with van der Waals surface area (Å²) in [5.41, 5.74) is 0. The number of piperidine rings is 1. The van der Waals surface area contributed by atoms with Crippen LogP contribution < -0.4 is 10.2 Å². The lowest BCUT2D eigenvalue weighted by Crippen LogP contribution is -2.39. The first-order chi connectivity index (χ1) is 7.90. The molecular formula is C12H21N3S. The Balaban J connectivity index is 1.80. The van der Waals surface area contributed by atoms with Gasteiger partial charge in [0.05, 0.1) is 0 Å². The van der Waals surface area contributed by atoms with Gasteiger partial charge in [0.15, 0.2) is 5.13 Å². The molecule has 0 radical (unpaired) electrons. The summed E-state index contributed by atoms with van der Waals surface area (Å²) in [6.45, 7) is 6.88. The second-order valence-electron chi connectivity index (χ2n) is 4.47. The highest BCUT2D eigenvalue weighted by molar-refractivity contribution is 7.13. The van der Waals surface area contributed by atoms with Crippen LogP contribution in [0.15, 0.2) is 11.6 Å². The molecule has 0 amide bonds. The topological polar surface area (TPSA) is 28.2 Å². The van der Waals surface area contributed by atoms with E-state index in [-0.39, 0.29) is 0 Å². The van der Waals surface area contributed by atoms with Crippen LogP contribution in [0.5, 0.6) is 0 Å². The van der Waals surface area contributed by atoms with Crippen molar-refractivity contribution in [1.82, 2.24) is 10.3 Å². The summed E-state index contributed by atoms with van der Waals surface area (Å²) in [6, 6.07) is 0. The Labute approximate surface area is 102 Å². The number of nitrogens with zero attached hydrogens (tertiary/aromatic N) is 2. The Bertz CT molecular complexity index is 286. The average molecular weight is 239 g/mol. The predicted octanol–water partition coefficient (Wildman–Crippen LogP) is 2.36. The van der Waals surface area contributed by atoms with Gasteiger partial charge in [0.25, 0.3) is 0 Å². The second-order valence-corrected chi connectivity index (χ2v) is 5.35. The van der Waals surface area contributed by atoms with Crippen molar-refractivity contribution in [1.29, 1.82) is 0 Å². The van der Waals surface area contributed by atoms with Crippen LogP contribution in [-0.4, -0.2) is 31.2 Å². The summed E-state index contributed by atoms with van der Waals surface area (Å²) in [7, 11) is 0. The Hall–Kier alpha value is -0.610. The zero-order valence-electron chi connectivity index (χ0n) is 9.98. The minimum absolute atomic E-state index is 0.796. The maximum atomic E-state index is 4.39. The molecule has 1 fully saturated rings. The van der Waals surface area contributed by atoms with Crippen LogP contribution in [0.2, 0.25) is 0 Å². The molecule has 1 N–H and O–H groups in total. The van der Waals surface area contributed by atoms with Gasteiger partial charge in [-0.25, -0.2) is 4.98 Å². The van der Waals surface area contributed by atoms with E-state index in [1.807, 2.05) is 6.20 Å². The van der Waals surface area contributed by atoms with Crippen molar-refractivity contribution in [2.75, 3.05) is 31.1 Å². The third-order valence-electron chi connectivity index (χ3n) is 3.07. The zero-order valence-corrected chi connectivity index (χ0v) is 10.8. The average Bonchev–Trinajstić information content (AvgIpc) is 2.83. The number of thiazole rings is 1. The van der Waals surface area contributed by atoms with Crippen molar-refractivity contribution in [3.63, 3.8) is 0 Å². The minimum atomic E-state index is 0.796. The lowest BCUT2D eigenvalue weighted by atomic mass is 9.98. The number of aromatic nitrogens is 1. The molecule has 1 aromatic heterocycles. The summed E-state index contributed by atoms with van der Waals surface area (Å²) < 4.78 is 0. The normalized spacial score (nSPS) is 21.3. The zero-order chi connectivity index (χ0) is 11.2. The standard InChI is InChI=1S/C12H21N3S/c1-2-5-13-9-11-4-3-7-15(10-11)12-14-6-8-16-12/h6,8,11,13H,2-5,7,9-10H2,1H3. The number of hydrogen-bond acceptors (Lipinski definition) is 4. The lowest BCUT2D eigenvalue weighted by Gasteiger charge is -2.32. The molecule has 1 aliphatic heterocycles. The van der Waals surface area contributed by atoms with Crippen LogP contribution in [0.4, 0.5) is 5.13 Å². The van der Waals surface area contributed by atoms with Crippen LogP contribution in [0, 0.1) is 5.92 Å². The number of hydrogen-bond donors (Lipinski definition) is 1. The largest absolute Gasteiger partial charge is 0.348 e. The molecule has 16 heavy (non-hydrogen) atoms. The second kappa shape index (κ2) is 6.21. The Morgan fingerprint density at radius 2 is 2.56 bits per heavy atom. The summed E-state index contributed by atoms with van der Waals surface area (Å²) in [6.07, 6.45) is 5.79. The van der Waals surface area contributed by atoms with Crippen LogP contribution in [0.3, 0.4) is 0 Å². The van der Waals surface area contributed by atoms with Gasteiger partial charge in [-0.1, -0.05) is 6.92 Å². The molecule has 1 saturated heterocycles. The highest BCUT2D eigenvalue weighted by atomic mass is 32.1. The quantitative estimate of drug-likeness (QED) is 0.800. The molecule has 1 aromatic rings. The van der Waals surface area contributed by atoms with Crippen molar-refractivity contribution < 1.29 is 0 Å². The first kappa shape index (κ1) is 11.9. The molecule has 0 saturated carbocycles. The van der Waals surface area contributed by atoms with Crippen molar-refractivity contribution in [3.8, 4) is 0 Å². The fourth-order valence-electron chi connectivity index (χ4n) is 2.26. The maximum Gasteiger partial charge on any atom is 0.185 e. The molecule has 0 spiro atoms. The molecule has 0 aliphatic carbocycles. The smallest absolute Gasteiger partial charge is 0.185 e. The van der Waals surface area contributed by atoms with Gasteiger partial charge in [-0.2, -0.15) is 0 Å². The monoisotopic (exact) mass is 239 g/mol. The van der Waals surface area contributed by atoms with Crippen LogP contribution in [0.25, 0.3) is 0 Å². The van der Waals surface area contributed by atoms with Crippen molar-refractivity contribution >= 4 is 16.5 Å². The maximum absolute atomic E-state index is 4.39. The Kier molecular flexibility index (Phi) is 4.60. The molecule has 1 unspecified atom stereocenters. The molecule has 1 atom stereocenters. The highest BCUT2D eigenvalue weighted by Crippen LogP contribution is 2.24. The van der Waals surface area contributed by atoms with E-state index in [0.717, 1.165) is 19.0 Å². The molecule has 2 heterocycles. The molecule has 1 aliphatic rings. The van der Waals surface area contributed by atoms with E-state index in [1.165, 1.54) is 37.5 Å². The van der Waals surface area contributed by atoms with Crippen molar-refractivity contribution in [2.24, 2.45) is 5.92 Å². The van der Waals surface area contributed by atoms with E-state index in [2.05, 4.69) is 27.5 Å². The lowest BCUT2D eigenvalue weighted by molar-refractivity contribution is 0.392. The van der Waals surface area contributed by atoms with Crippen molar-refractivity contribution in [3.05, 3.63) is 11.6 Å². The van der Waals surface area contributed by atoms with Gasteiger partial charge in [0.2, 0.25) is 0 Å². The van der Waals surface area contributed by atoms with E-state index in [1.54, 1.807) is 11.3 Å². The van der Waals surface area contributed by atoms with Crippen molar-refractivity contribution in [2.45, 2.75) is 26.2 Å². The Morgan fingerprint density at radius 1 is 1.62 bits per heavy atom.